The van der Waals surface area contributed by atoms with Crippen molar-refractivity contribution in [3.8, 4) is 0 Å². The van der Waals surface area contributed by atoms with Gasteiger partial charge in [-0.3, -0.25) is 9.89 Å². The summed E-state index contributed by atoms with van der Waals surface area (Å²) in [7, 11) is 0. The molecule has 1 N–H and O–H groups in total. The topological polar surface area (TPSA) is 58.6 Å². The standard InChI is InChI=1S/C10H9Cl2N3OS2/c1-2-8-13-10(15-14-8)17-4-6(16)5-3-7(11)18-9(5)12/h3H,2,4H2,1H3,(H,13,14,15). The molecule has 0 aliphatic carbocycles. The van der Waals surface area contributed by atoms with Crippen LogP contribution in [0.5, 0.6) is 0 Å². The number of carbonyl (C=O) groups excluding carboxylic acids is 1. The van der Waals surface area contributed by atoms with Crippen LogP contribution in [-0.4, -0.2) is 26.7 Å². The second kappa shape index (κ2) is 6.06. The summed E-state index contributed by atoms with van der Waals surface area (Å²) < 4.78 is 0.939. The molecule has 0 aromatic carbocycles. The predicted molar refractivity (Wildman–Crippen MR) is 75.2 cm³/mol. The Kier molecular flexibility index (Phi) is 4.66. The lowest BCUT2D eigenvalue weighted by atomic mass is 10.2. The van der Waals surface area contributed by atoms with Gasteiger partial charge >= 0.3 is 0 Å². The van der Waals surface area contributed by atoms with Crippen LogP contribution in [0, 0.1) is 0 Å². The molecule has 2 rings (SSSR count). The number of aromatic amines is 1. The van der Waals surface area contributed by atoms with Crippen molar-refractivity contribution >= 4 is 52.1 Å². The van der Waals surface area contributed by atoms with Gasteiger partial charge in [0.25, 0.3) is 0 Å². The molecule has 0 atom stereocenters. The number of thiophene rings is 1. The van der Waals surface area contributed by atoms with Crippen LogP contribution in [0.4, 0.5) is 0 Å². The Hall–Kier alpha value is -0.560. The van der Waals surface area contributed by atoms with E-state index in [-0.39, 0.29) is 11.5 Å². The first-order valence-electron chi connectivity index (χ1n) is 5.12. The molecule has 0 bridgehead atoms. The van der Waals surface area contributed by atoms with Crippen LogP contribution >= 0.6 is 46.3 Å². The van der Waals surface area contributed by atoms with E-state index in [4.69, 9.17) is 23.2 Å². The van der Waals surface area contributed by atoms with Gasteiger partial charge in [0, 0.05) is 12.0 Å². The second-order valence-electron chi connectivity index (χ2n) is 3.37. The smallest absolute Gasteiger partial charge is 0.208 e. The highest BCUT2D eigenvalue weighted by Gasteiger charge is 2.15. The van der Waals surface area contributed by atoms with Crippen molar-refractivity contribution in [3.63, 3.8) is 0 Å². The third kappa shape index (κ3) is 3.26. The van der Waals surface area contributed by atoms with Gasteiger partial charge in [-0.25, -0.2) is 4.98 Å². The van der Waals surface area contributed by atoms with E-state index < -0.39 is 0 Å². The minimum Gasteiger partial charge on any atom is -0.293 e. The first-order valence-corrected chi connectivity index (χ1v) is 7.68. The Morgan fingerprint density at radius 3 is 2.89 bits per heavy atom. The molecule has 0 radical (unpaired) electrons. The maximum atomic E-state index is 11.9. The number of hydrogen-bond acceptors (Lipinski definition) is 5. The summed E-state index contributed by atoms with van der Waals surface area (Å²) in [5.74, 6) is 0.978. The minimum atomic E-state index is -0.0731. The fourth-order valence-corrected chi connectivity index (χ4v) is 3.44. The zero-order chi connectivity index (χ0) is 13.1. The van der Waals surface area contributed by atoms with Crippen LogP contribution in [0.25, 0.3) is 0 Å². The Bertz CT molecular complexity index is 567. The molecule has 0 unspecified atom stereocenters. The number of nitrogens with one attached hydrogen (secondary N) is 1. The molecule has 0 aliphatic rings. The van der Waals surface area contributed by atoms with Crippen LogP contribution in [-0.2, 0) is 6.42 Å². The van der Waals surface area contributed by atoms with E-state index in [2.05, 4.69) is 15.2 Å². The molecular formula is C10H9Cl2N3OS2. The lowest BCUT2D eigenvalue weighted by Crippen LogP contribution is -2.01. The van der Waals surface area contributed by atoms with E-state index in [1.165, 1.54) is 23.1 Å². The Morgan fingerprint density at radius 2 is 2.33 bits per heavy atom. The fourth-order valence-electron chi connectivity index (χ4n) is 1.24. The maximum Gasteiger partial charge on any atom is 0.208 e. The van der Waals surface area contributed by atoms with Crippen molar-refractivity contribution in [1.82, 2.24) is 15.2 Å². The Morgan fingerprint density at radius 1 is 1.56 bits per heavy atom. The van der Waals surface area contributed by atoms with Gasteiger partial charge in [-0.05, 0) is 6.07 Å². The predicted octanol–water partition coefficient (Wildman–Crippen LogP) is 3.71. The third-order valence-electron chi connectivity index (χ3n) is 2.14. The largest absolute Gasteiger partial charge is 0.293 e. The van der Waals surface area contributed by atoms with E-state index in [1.807, 2.05) is 6.92 Å². The molecule has 0 saturated carbocycles. The zero-order valence-corrected chi connectivity index (χ0v) is 12.5. The van der Waals surface area contributed by atoms with Crippen molar-refractivity contribution in [2.75, 3.05) is 5.75 Å². The summed E-state index contributed by atoms with van der Waals surface area (Å²) in [4.78, 5) is 16.1. The molecule has 0 aliphatic heterocycles. The van der Waals surface area contributed by atoms with Gasteiger partial charge in [0.1, 0.15) is 10.2 Å². The number of carbonyl (C=O) groups is 1. The van der Waals surface area contributed by atoms with Crippen molar-refractivity contribution in [2.45, 2.75) is 18.5 Å². The summed E-state index contributed by atoms with van der Waals surface area (Å²) in [5.41, 5.74) is 0.463. The number of ketones is 1. The summed E-state index contributed by atoms with van der Waals surface area (Å²) in [6.07, 6.45) is 0.785. The number of thioether (sulfide) groups is 1. The van der Waals surface area contributed by atoms with E-state index in [0.717, 1.165) is 12.2 Å². The molecule has 0 amide bonds. The molecule has 2 heterocycles. The second-order valence-corrected chi connectivity index (χ2v) is 6.60. The molecule has 96 valence electrons. The van der Waals surface area contributed by atoms with Gasteiger partial charge in [-0.2, -0.15) is 0 Å². The van der Waals surface area contributed by atoms with E-state index >= 15 is 0 Å². The monoisotopic (exact) mass is 321 g/mol. The van der Waals surface area contributed by atoms with Gasteiger partial charge < -0.3 is 0 Å². The molecular weight excluding hydrogens is 313 g/mol. The van der Waals surface area contributed by atoms with Gasteiger partial charge in [0.15, 0.2) is 5.78 Å². The molecule has 2 aromatic heterocycles. The summed E-state index contributed by atoms with van der Waals surface area (Å²) in [5, 5.41) is 7.36. The molecule has 0 spiro atoms. The average Bonchev–Trinajstić information content (AvgIpc) is 2.92. The van der Waals surface area contributed by atoms with Crippen LogP contribution in [0.15, 0.2) is 11.2 Å². The van der Waals surface area contributed by atoms with E-state index in [9.17, 15) is 4.79 Å². The SMILES string of the molecule is CCc1nc(SCC(=O)c2cc(Cl)sc2Cl)n[nH]1. The molecule has 4 nitrogen and oxygen atoms in total. The number of rotatable bonds is 5. The molecule has 0 fully saturated rings. The number of hydrogen-bond donors (Lipinski definition) is 1. The Balaban J connectivity index is 1.98. The number of H-pyrrole nitrogens is 1. The van der Waals surface area contributed by atoms with Gasteiger partial charge in [-0.1, -0.05) is 41.9 Å². The van der Waals surface area contributed by atoms with Gasteiger partial charge in [0.2, 0.25) is 5.16 Å². The van der Waals surface area contributed by atoms with Crippen molar-refractivity contribution < 1.29 is 4.79 Å². The first-order chi connectivity index (χ1) is 8.60. The minimum absolute atomic E-state index is 0.0731. The van der Waals surface area contributed by atoms with Gasteiger partial charge in [-0.15, -0.1) is 16.4 Å². The van der Waals surface area contributed by atoms with Crippen molar-refractivity contribution in [3.05, 3.63) is 26.1 Å². The summed E-state index contributed by atoms with van der Waals surface area (Å²) >= 11 is 14.2. The summed E-state index contributed by atoms with van der Waals surface area (Å²) in [6.45, 7) is 1.98. The highest BCUT2D eigenvalue weighted by molar-refractivity contribution is 7.99. The third-order valence-corrected chi connectivity index (χ3v) is 4.47. The highest BCUT2D eigenvalue weighted by Crippen LogP contribution is 2.32. The number of aromatic nitrogens is 3. The average molecular weight is 322 g/mol. The molecule has 8 heteroatoms. The number of nitrogens with zero attached hydrogens (tertiary/aromatic N) is 2. The highest BCUT2D eigenvalue weighted by atomic mass is 35.5. The normalized spacial score (nSPS) is 10.8. The van der Waals surface area contributed by atoms with E-state index in [1.54, 1.807) is 6.07 Å². The first kappa shape index (κ1) is 13.9. The zero-order valence-electron chi connectivity index (χ0n) is 9.37. The van der Waals surface area contributed by atoms with Crippen LogP contribution in [0.1, 0.15) is 23.1 Å². The number of halogens is 2. The lowest BCUT2D eigenvalue weighted by molar-refractivity contribution is 0.102. The summed E-state index contributed by atoms with van der Waals surface area (Å²) in [6, 6.07) is 1.59. The maximum absolute atomic E-state index is 11.9. The Labute approximate surface area is 122 Å². The van der Waals surface area contributed by atoms with Crippen LogP contribution < -0.4 is 0 Å². The number of aryl methyl sites for hydroxylation is 1. The fraction of sp³-hybridized carbons (Fsp3) is 0.300. The van der Waals surface area contributed by atoms with Crippen LogP contribution in [0.2, 0.25) is 8.67 Å². The molecule has 0 saturated heterocycles. The quantitative estimate of drug-likeness (QED) is 0.673. The molecule has 2 aromatic rings. The van der Waals surface area contributed by atoms with Gasteiger partial charge in [0.05, 0.1) is 10.1 Å². The van der Waals surface area contributed by atoms with Crippen molar-refractivity contribution in [2.24, 2.45) is 0 Å². The van der Waals surface area contributed by atoms with Crippen LogP contribution in [0.3, 0.4) is 0 Å². The lowest BCUT2D eigenvalue weighted by Gasteiger charge is -1.96. The van der Waals surface area contributed by atoms with Crippen molar-refractivity contribution in [1.29, 1.82) is 0 Å². The molecule has 18 heavy (non-hydrogen) atoms. The number of Topliss-reactive ketones (excluding diaryl/α,β-unsaturated/α-hetero) is 1. The van der Waals surface area contributed by atoms with E-state index in [0.29, 0.717) is 19.4 Å².